The highest BCUT2D eigenvalue weighted by Gasteiger charge is 2.15. The number of piperazine rings is 1. The molecule has 2 heterocycles. The molecule has 1 fully saturated rings. The molecule has 1 aliphatic heterocycles. The molecule has 1 saturated heterocycles. The van der Waals surface area contributed by atoms with Gasteiger partial charge in [0.05, 0.1) is 5.56 Å². The van der Waals surface area contributed by atoms with Crippen LogP contribution in [-0.2, 0) is 0 Å². The molecule has 0 N–H and O–H groups in total. The van der Waals surface area contributed by atoms with Crippen LogP contribution in [0.2, 0.25) is 0 Å². The number of hydrogen-bond donors (Lipinski definition) is 0. The van der Waals surface area contributed by atoms with Gasteiger partial charge in [0.2, 0.25) is 0 Å². The van der Waals surface area contributed by atoms with Crippen molar-refractivity contribution in [2.24, 2.45) is 0 Å². The first-order valence-corrected chi connectivity index (χ1v) is 5.51. The molecule has 0 radical (unpaired) electrons. The first-order valence-electron chi connectivity index (χ1n) is 5.51. The minimum absolute atomic E-state index is 0.665. The number of nitrogens with zero attached hydrogens (tertiary/aromatic N) is 4. The van der Waals surface area contributed by atoms with Crippen LogP contribution in [0.3, 0.4) is 0 Å². The SMILES string of the molecule is Cc1cc(N2CCN(C)CC2)ncc1C#N. The Morgan fingerprint density at radius 1 is 1.31 bits per heavy atom. The molecular weight excluding hydrogens is 200 g/mol. The van der Waals surface area contributed by atoms with Gasteiger partial charge in [0.1, 0.15) is 11.9 Å². The van der Waals surface area contributed by atoms with Crippen molar-refractivity contribution in [1.29, 1.82) is 5.26 Å². The fourth-order valence-corrected chi connectivity index (χ4v) is 1.87. The van der Waals surface area contributed by atoms with E-state index in [-0.39, 0.29) is 0 Å². The zero-order valence-corrected chi connectivity index (χ0v) is 9.77. The van der Waals surface area contributed by atoms with Gasteiger partial charge in [-0.2, -0.15) is 5.26 Å². The highest BCUT2D eigenvalue weighted by Crippen LogP contribution is 2.16. The van der Waals surface area contributed by atoms with E-state index in [0.717, 1.165) is 37.6 Å². The summed E-state index contributed by atoms with van der Waals surface area (Å²) in [7, 11) is 2.13. The molecule has 0 amide bonds. The molecule has 1 aromatic rings. The van der Waals surface area contributed by atoms with E-state index in [2.05, 4.69) is 27.9 Å². The Morgan fingerprint density at radius 3 is 2.56 bits per heavy atom. The molecule has 0 spiro atoms. The highest BCUT2D eigenvalue weighted by atomic mass is 15.3. The molecule has 0 saturated carbocycles. The number of rotatable bonds is 1. The third-order valence-electron chi connectivity index (χ3n) is 3.04. The summed E-state index contributed by atoms with van der Waals surface area (Å²) in [5, 5.41) is 8.84. The number of aryl methyl sites for hydroxylation is 1. The van der Waals surface area contributed by atoms with Gasteiger partial charge in [-0.15, -0.1) is 0 Å². The monoisotopic (exact) mass is 216 g/mol. The molecule has 16 heavy (non-hydrogen) atoms. The normalized spacial score (nSPS) is 17.2. The van der Waals surface area contributed by atoms with Gasteiger partial charge in [-0.3, -0.25) is 0 Å². The van der Waals surface area contributed by atoms with Gasteiger partial charge < -0.3 is 9.80 Å². The van der Waals surface area contributed by atoms with Gasteiger partial charge >= 0.3 is 0 Å². The lowest BCUT2D eigenvalue weighted by atomic mass is 10.1. The number of hydrogen-bond acceptors (Lipinski definition) is 4. The molecule has 0 bridgehead atoms. The molecule has 84 valence electrons. The van der Waals surface area contributed by atoms with Crippen LogP contribution in [0.25, 0.3) is 0 Å². The maximum atomic E-state index is 8.84. The number of likely N-dealkylation sites (N-methyl/N-ethyl adjacent to an activating group) is 1. The summed E-state index contributed by atoms with van der Waals surface area (Å²) in [5.74, 6) is 0.990. The summed E-state index contributed by atoms with van der Waals surface area (Å²) >= 11 is 0. The summed E-state index contributed by atoms with van der Waals surface area (Å²) in [5.41, 5.74) is 1.67. The van der Waals surface area contributed by atoms with Gasteiger partial charge in [-0.1, -0.05) is 0 Å². The molecule has 4 heteroatoms. The average Bonchev–Trinajstić information content (AvgIpc) is 2.30. The van der Waals surface area contributed by atoms with E-state index in [4.69, 9.17) is 5.26 Å². The van der Waals surface area contributed by atoms with Crippen LogP contribution in [0.15, 0.2) is 12.3 Å². The van der Waals surface area contributed by atoms with Crippen molar-refractivity contribution >= 4 is 5.82 Å². The van der Waals surface area contributed by atoms with Crippen molar-refractivity contribution in [2.75, 3.05) is 38.1 Å². The van der Waals surface area contributed by atoms with E-state index in [9.17, 15) is 0 Å². The van der Waals surface area contributed by atoms with Gasteiger partial charge in [0, 0.05) is 32.4 Å². The summed E-state index contributed by atoms with van der Waals surface area (Å²) in [4.78, 5) is 8.93. The van der Waals surface area contributed by atoms with Crippen molar-refractivity contribution in [2.45, 2.75) is 6.92 Å². The largest absolute Gasteiger partial charge is 0.354 e. The van der Waals surface area contributed by atoms with Crippen molar-refractivity contribution in [3.05, 3.63) is 23.4 Å². The smallest absolute Gasteiger partial charge is 0.128 e. The van der Waals surface area contributed by atoms with Crippen molar-refractivity contribution in [1.82, 2.24) is 9.88 Å². The predicted octanol–water partition coefficient (Wildman–Crippen LogP) is 1.01. The van der Waals surface area contributed by atoms with Crippen LogP contribution in [0.5, 0.6) is 0 Å². The maximum absolute atomic E-state index is 8.84. The third kappa shape index (κ3) is 2.15. The predicted molar refractivity (Wildman–Crippen MR) is 63.4 cm³/mol. The Balaban J connectivity index is 2.16. The second-order valence-corrected chi connectivity index (χ2v) is 4.26. The molecule has 1 aliphatic rings. The van der Waals surface area contributed by atoms with Gasteiger partial charge in [0.15, 0.2) is 0 Å². The van der Waals surface area contributed by atoms with Crippen molar-refractivity contribution in [3.63, 3.8) is 0 Å². The fraction of sp³-hybridized carbons (Fsp3) is 0.500. The second-order valence-electron chi connectivity index (χ2n) is 4.26. The Morgan fingerprint density at radius 2 is 2.00 bits per heavy atom. The van der Waals surface area contributed by atoms with Crippen LogP contribution in [0.4, 0.5) is 5.82 Å². The number of pyridine rings is 1. The van der Waals surface area contributed by atoms with Crippen LogP contribution in [0.1, 0.15) is 11.1 Å². The summed E-state index contributed by atoms with van der Waals surface area (Å²) in [6.45, 7) is 6.12. The van der Waals surface area contributed by atoms with Crippen LogP contribution in [-0.4, -0.2) is 43.1 Å². The summed E-state index contributed by atoms with van der Waals surface area (Å²) in [6.07, 6.45) is 1.67. The maximum Gasteiger partial charge on any atom is 0.128 e. The molecular formula is C12H16N4. The lowest BCUT2D eigenvalue weighted by Crippen LogP contribution is -2.44. The van der Waals surface area contributed by atoms with E-state index in [1.165, 1.54) is 0 Å². The zero-order valence-electron chi connectivity index (χ0n) is 9.77. The molecule has 1 aromatic heterocycles. The van der Waals surface area contributed by atoms with E-state index >= 15 is 0 Å². The van der Waals surface area contributed by atoms with Gasteiger partial charge in [-0.05, 0) is 25.6 Å². The number of aromatic nitrogens is 1. The Bertz CT molecular complexity index is 414. The van der Waals surface area contributed by atoms with E-state index in [1.54, 1.807) is 6.20 Å². The van der Waals surface area contributed by atoms with Crippen molar-refractivity contribution in [3.8, 4) is 6.07 Å². The Labute approximate surface area is 96.1 Å². The minimum atomic E-state index is 0.665. The van der Waals surface area contributed by atoms with Crippen LogP contribution in [0, 0.1) is 18.3 Å². The van der Waals surface area contributed by atoms with Crippen LogP contribution >= 0.6 is 0 Å². The molecule has 0 unspecified atom stereocenters. The lowest BCUT2D eigenvalue weighted by molar-refractivity contribution is 0.312. The first kappa shape index (κ1) is 10.9. The van der Waals surface area contributed by atoms with Crippen molar-refractivity contribution < 1.29 is 0 Å². The average molecular weight is 216 g/mol. The number of nitriles is 1. The molecule has 2 rings (SSSR count). The van der Waals surface area contributed by atoms with E-state index in [1.807, 2.05) is 13.0 Å². The highest BCUT2D eigenvalue weighted by molar-refractivity contribution is 5.47. The van der Waals surface area contributed by atoms with Gasteiger partial charge in [0.25, 0.3) is 0 Å². The Hall–Kier alpha value is -1.60. The van der Waals surface area contributed by atoms with Crippen LogP contribution < -0.4 is 4.90 Å². The molecule has 4 nitrogen and oxygen atoms in total. The zero-order chi connectivity index (χ0) is 11.5. The quantitative estimate of drug-likeness (QED) is 0.703. The Kier molecular flexibility index (Phi) is 3.07. The topological polar surface area (TPSA) is 43.2 Å². The van der Waals surface area contributed by atoms with Gasteiger partial charge in [-0.25, -0.2) is 4.98 Å². The van der Waals surface area contributed by atoms with E-state index < -0.39 is 0 Å². The summed E-state index contributed by atoms with van der Waals surface area (Å²) in [6, 6.07) is 4.15. The van der Waals surface area contributed by atoms with E-state index in [0.29, 0.717) is 5.56 Å². The standard InChI is InChI=1S/C12H16N4/c1-10-7-12(14-9-11(10)8-13)16-5-3-15(2)4-6-16/h7,9H,3-6H2,1-2H3. The third-order valence-corrected chi connectivity index (χ3v) is 3.04. The minimum Gasteiger partial charge on any atom is -0.354 e. The number of anilines is 1. The molecule has 0 aromatic carbocycles. The summed E-state index contributed by atoms with van der Waals surface area (Å²) < 4.78 is 0. The molecule has 0 atom stereocenters. The fourth-order valence-electron chi connectivity index (χ4n) is 1.87. The second kappa shape index (κ2) is 4.50. The lowest BCUT2D eigenvalue weighted by Gasteiger charge is -2.33. The molecule has 0 aliphatic carbocycles. The first-order chi connectivity index (χ1) is 7.70.